The second kappa shape index (κ2) is 4.05. The zero-order chi connectivity index (χ0) is 9.03. The van der Waals surface area contributed by atoms with Gasteiger partial charge in [-0.25, -0.2) is 8.42 Å². The lowest BCUT2D eigenvalue weighted by molar-refractivity contribution is 0.580. The smallest absolute Gasteiger partial charge is 0.154 e. The van der Waals surface area contributed by atoms with Gasteiger partial charge in [-0.3, -0.25) is 0 Å². The second-order valence-electron chi connectivity index (χ2n) is 3.08. The molecule has 0 radical (unpaired) electrons. The molecule has 0 aliphatic carbocycles. The van der Waals surface area contributed by atoms with Crippen molar-refractivity contribution in [3.8, 4) is 0 Å². The van der Waals surface area contributed by atoms with Gasteiger partial charge in [0.1, 0.15) is 0 Å². The van der Waals surface area contributed by atoms with Crippen LogP contribution < -0.4 is 5.32 Å². The first-order chi connectivity index (χ1) is 5.67. The zero-order valence-electron chi connectivity index (χ0n) is 7.12. The van der Waals surface area contributed by atoms with Crippen LogP contribution in [0.25, 0.3) is 0 Å². The molecule has 1 aliphatic rings. The van der Waals surface area contributed by atoms with E-state index in [-0.39, 0.29) is 5.25 Å². The number of hydrogen-bond donors (Lipinski definition) is 1. The summed E-state index contributed by atoms with van der Waals surface area (Å²) in [6.07, 6.45) is 3.37. The molecule has 0 spiro atoms. The van der Waals surface area contributed by atoms with Crippen molar-refractivity contribution < 1.29 is 8.42 Å². The lowest BCUT2D eigenvalue weighted by atomic mass is 10.2. The first kappa shape index (κ1) is 9.74. The Bertz CT molecular complexity index is 246. The van der Waals surface area contributed by atoms with Crippen molar-refractivity contribution in [1.29, 1.82) is 0 Å². The molecule has 3 nitrogen and oxygen atoms in total. The minimum atomic E-state index is -2.76. The standard InChI is InChI=1S/C8H15NO2S/c1-2-5-9-7-8-4-3-6-12(8,10)11/h2,8-9H,1,3-7H2. The van der Waals surface area contributed by atoms with Crippen molar-refractivity contribution in [2.45, 2.75) is 18.1 Å². The highest BCUT2D eigenvalue weighted by Crippen LogP contribution is 2.18. The molecule has 0 aromatic carbocycles. The van der Waals surface area contributed by atoms with E-state index >= 15 is 0 Å². The van der Waals surface area contributed by atoms with E-state index in [1.54, 1.807) is 6.08 Å². The first-order valence-corrected chi connectivity index (χ1v) is 5.91. The predicted octanol–water partition coefficient (Wildman–Crippen LogP) is 0.339. The van der Waals surface area contributed by atoms with Crippen LogP contribution in [0.1, 0.15) is 12.8 Å². The number of rotatable bonds is 4. The van der Waals surface area contributed by atoms with Gasteiger partial charge in [-0.15, -0.1) is 6.58 Å². The summed E-state index contributed by atoms with van der Waals surface area (Å²) >= 11 is 0. The number of hydrogen-bond acceptors (Lipinski definition) is 3. The van der Waals surface area contributed by atoms with Crippen LogP contribution in [0.3, 0.4) is 0 Å². The Morgan fingerprint density at radius 3 is 2.83 bits per heavy atom. The van der Waals surface area contributed by atoms with E-state index in [2.05, 4.69) is 11.9 Å². The summed E-state index contributed by atoms with van der Waals surface area (Å²) in [5.41, 5.74) is 0. The maximum atomic E-state index is 11.3. The molecule has 1 saturated heterocycles. The molecule has 1 rings (SSSR count). The highest BCUT2D eigenvalue weighted by atomic mass is 32.2. The normalized spacial score (nSPS) is 27.2. The molecule has 1 fully saturated rings. The Labute approximate surface area is 73.8 Å². The van der Waals surface area contributed by atoms with Crippen LogP contribution >= 0.6 is 0 Å². The molecule has 1 N–H and O–H groups in total. The quantitative estimate of drug-likeness (QED) is 0.512. The average Bonchev–Trinajstić information content (AvgIpc) is 2.32. The molecule has 70 valence electrons. The van der Waals surface area contributed by atoms with Crippen molar-refractivity contribution in [2.75, 3.05) is 18.8 Å². The van der Waals surface area contributed by atoms with Crippen molar-refractivity contribution in [3.63, 3.8) is 0 Å². The third-order valence-electron chi connectivity index (χ3n) is 2.12. The van der Waals surface area contributed by atoms with Gasteiger partial charge in [0.2, 0.25) is 0 Å². The van der Waals surface area contributed by atoms with E-state index in [0.29, 0.717) is 18.8 Å². The summed E-state index contributed by atoms with van der Waals surface area (Å²) in [6.45, 7) is 4.81. The molecule has 12 heavy (non-hydrogen) atoms. The zero-order valence-corrected chi connectivity index (χ0v) is 7.94. The summed E-state index contributed by atoms with van der Waals surface area (Å²) in [5, 5.41) is 2.88. The topological polar surface area (TPSA) is 46.2 Å². The molecule has 0 bridgehead atoms. The molecular formula is C8H15NO2S. The molecule has 1 heterocycles. The summed E-state index contributed by atoms with van der Waals surface area (Å²) in [7, 11) is -2.76. The Morgan fingerprint density at radius 1 is 1.58 bits per heavy atom. The Hall–Kier alpha value is -0.350. The van der Waals surface area contributed by atoms with Gasteiger partial charge in [0.15, 0.2) is 9.84 Å². The molecule has 0 aromatic rings. The maximum Gasteiger partial charge on any atom is 0.154 e. The molecular weight excluding hydrogens is 174 g/mol. The van der Waals surface area contributed by atoms with Crippen LogP contribution in [0.5, 0.6) is 0 Å². The van der Waals surface area contributed by atoms with Crippen molar-refractivity contribution in [1.82, 2.24) is 5.32 Å². The molecule has 1 aliphatic heterocycles. The Kier molecular flexibility index (Phi) is 3.29. The van der Waals surface area contributed by atoms with E-state index in [0.717, 1.165) is 12.8 Å². The van der Waals surface area contributed by atoms with Crippen molar-refractivity contribution in [2.24, 2.45) is 0 Å². The molecule has 0 amide bonds. The molecule has 0 aromatic heterocycles. The van der Waals surface area contributed by atoms with Gasteiger partial charge in [-0.1, -0.05) is 6.08 Å². The van der Waals surface area contributed by atoms with Crippen LogP contribution in [0, 0.1) is 0 Å². The SMILES string of the molecule is C=CCNCC1CCCS1(=O)=O. The molecule has 1 atom stereocenters. The summed E-state index contributed by atoms with van der Waals surface area (Å²) in [6, 6.07) is 0. The van der Waals surface area contributed by atoms with E-state index in [1.165, 1.54) is 0 Å². The highest BCUT2D eigenvalue weighted by molar-refractivity contribution is 7.92. The number of nitrogens with one attached hydrogen (secondary N) is 1. The van der Waals surface area contributed by atoms with E-state index < -0.39 is 9.84 Å². The summed E-state index contributed by atoms with van der Waals surface area (Å²) in [4.78, 5) is 0. The molecule has 4 heteroatoms. The molecule has 0 saturated carbocycles. The van der Waals surface area contributed by atoms with Crippen molar-refractivity contribution in [3.05, 3.63) is 12.7 Å². The van der Waals surface area contributed by atoms with Gasteiger partial charge < -0.3 is 5.32 Å². The van der Waals surface area contributed by atoms with E-state index in [4.69, 9.17) is 0 Å². The van der Waals surface area contributed by atoms with Crippen LogP contribution in [0.4, 0.5) is 0 Å². The summed E-state index contributed by atoms with van der Waals surface area (Å²) in [5.74, 6) is 0.368. The van der Waals surface area contributed by atoms with Crippen LogP contribution in [0.15, 0.2) is 12.7 Å². The minimum Gasteiger partial charge on any atom is -0.312 e. The van der Waals surface area contributed by atoms with Gasteiger partial charge in [0.05, 0.1) is 11.0 Å². The van der Waals surface area contributed by atoms with E-state index in [9.17, 15) is 8.42 Å². The fourth-order valence-electron chi connectivity index (χ4n) is 1.43. The average molecular weight is 189 g/mol. The Morgan fingerprint density at radius 2 is 2.33 bits per heavy atom. The largest absolute Gasteiger partial charge is 0.312 e. The minimum absolute atomic E-state index is 0.155. The van der Waals surface area contributed by atoms with Crippen LogP contribution in [0.2, 0.25) is 0 Å². The van der Waals surface area contributed by atoms with Gasteiger partial charge >= 0.3 is 0 Å². The van der Waals surface area contributed by atoms with Crippen LogP contribution in [-0.4, -0.2) is 32.5 Å². The molecule has 1 unspecified atom stereocenters. The highest BCUT2D eigenvalue weighted by Gasteiger charge is 2.30. The summed E-state index contributed by atoms with van der Waals surface area (Å²) < 4.78 is 22.6. The first-order valence-electron chi connectivity index (χ1n) is 4.20. The van der Waals surface area contributed by atoms with Gasteiger partial charge in [-0.2, -0.15) is 0 Å². The lowest BCUT2D eigenvalue weighted by Gasteiger charge is -2.08. The lowest BCUT2D eigenvalue weighted by Crippen LogP contribution is -2.30. The van der Waals surface area contributed by atoms with E-state index in [1.807, 2.05) is 0 Å². The number of sulfone groups is 1. The van der Waals surface area contributed by atoms with Gasteiger partial charge in [-0.05, 0) is 12.8 Å². The van der Waals surface area contributed by atoms with Gasteiger partial charge in [0, 0.05) is 13.1 Å². The fourth-order valence-corrected chi connectivity index (χ4v) is 3.23. The third kappa shape index (κ3) is 2.32. The fraction of sp³-hybridized carbons (Fsp3) is 0.750. The van der Waals surface area contributed by atoms with Crippen LogP contribution in [-0.2, 0) is 9.84 Å². The third-order valence-corrected chi connectivity index (χ3v) is 4.40. The maximum absolute atomic E-state index is 11.3. The Balaban J connectivity index is 2.37. The second-order valence-corrected chi connectivity index (χ2v) is 5.48. The van der Waals surface area contributed by atoms with Crippen molar-refractivity contribution >= 4 is 9.84 Å². The monoisotopic (exact) mass is 189 g/mol. The predicted molar refractivity (Wildman–Crippen MR) is 49.9 cm³/mol. The van der Waals surface area contributed by atoms with Gasteiger partial charge in [0.25, 0.3) is 0 Å².